The van der Waals surface area contributed by atoms with E-state index in [-0.39, 0.29) is 4.90 Å². The van der Waals surface area contributed by atoms with Crippen LogP contribution in [0.4, 0.5) is 5.69 Å². The highest BCUT2D eigenvalue weighted by Gasteiger charge is 2.27. The van der Waals surface area contributed by atoms with E-state index < -0.39 is 10.0 Å². The Morgan fingerprint density at radius 2 is 1.65 bits per heavy atom. The molecule has 0 saturated carbocycles. The highest BCUT2D eigenvalue weighted by Crippen LogP contribution is 2.33. The molecule has 0 aliphatic carbocycles. The van der Waals surface area contributed by atoms with Crippen molar-refractivity contribution in [3.63, 3.8) is 0 Å². The predicted molar refractivity (Wildman–Crippen MR) is 124 cm³/mol. The number of nitrogens with zero attached hydrogens (tertiary/aromatic N) is 4. The van der Waals surface area contributed by atoms with Crippen molar-refractivity contribution in [1.29, 1.82) is 0 Å². The Morgan fingerprint density at radius 1 is 0.968 bits per heavy atom. The summed E-state index contributed by atoms with van der Waals surface area (Å²) < 4.78 is 34.3. The minimum Gasteiger partial charge on any atom is -0.497 e. The molecular weight excluding hydrogens is 412 g/mol. The molecule has 31 heavy (non-hydrogen) atoms. The van der Waals surface area contributed by atoms with E-state index >= 15 is 0 Å². The Balaban J connectivity index is 2.10. The van der Waals surface area contributed by atoms with Gasteiger partial charge in [-0.25, -0.2) is 8.42 Å². The van der Waals surface area contributed by atoms with Crippen LogP contribution in [0, 0.1) is 6.92 Å². The summed E-state index contributed by atoms with van der Waals surface area (Å²) in [5, 5.41) is 0. The number of rotatable bonds is 10. The molecule has 1 heterocycles. The van der Waals surface area contributed by atoms with E-state index in [2.05, 4.69) is 28.7 Å². The zero-order chi connectivity index (χ0) is 22.4. The lowest BCUT2D eigenvalue weighted by Crippen LogP contribution is -2.35. The largest absolute Gasteiger partial charge is 0.497 e. The minimum atomic E-state index is -3.81. The number of methoxy groups -OCH3 is 1. The minimum absolute atomic E-state index is 0.251. The number of anilines is 1. The SMILES string of the molecule is CCN(CC)CCCN(c1cc(OC)cc2nccnc12)S(=O)(=O)c1ccc(C)cc1. The van der Waals surface area contributed by atoms with Crippen LogP contribution < -0.4 is 9.04 Å². The van der Waals surface area contributed by atoms with Gasteiger partial charge in [-0.1, -0.05) is 31.5 Å². The van der Waals surface area contributed by atoms with Gasteiger partial charge in [0.05, 0.1) is 23.2 Å². The monoisotopic (exact) mass is 442 g/mol. The molecule has 0 aliphatic heterocycles. The van der Waals surface area contributed by atoms with Gasteiger partial charge in [-0.2, -0.15) is 0 Å². The Kier molecular flexibility index (Phi) is 7.46. The van der Waals surface area contributed by atoms with Gasteiger partial charge in [-0.05, 0) is 45.1 Å². The number of hydrogen-bond acceptors (Lipinski definition) is 6. The Bertz CT molecular complexity index is 1110. The van der Waals surface area contributed by atoms with Crippen LogP contribution in [0.1, 0.15) is 25.8 Å². The molecule has 0 N–H and O–H groups in total. The second-order valence-corrected chi connectivity index (χ2v) is 9.20. The number of ether oxygens (including phenoxy) is 1. The molecule has 0 aliphatic rings. The highest BCUT2D eigenvalue weighted by atomic mass is 32.2. The summed E-state index contributed by atoms with van der Waals surface area (Å²) in [5.74, 6) is 0.538. The third-order valence-corrected chi connectivity index (χ3v) is 7.20. The maximum absolute atomic E-state index is 13.7. The summed E-state index contributed by atoms with van der Waals surface area (Å²) in [6, 6.07) is 10.4. The van der Waals surface area contributed by atoms with Crippen LogP contribution in [0.3, 0.4) is 0 Å². The summed E-state index contributed by atoms with van der Waals surface area (Å²) in [4.78, 5) is 11.3. The van der Waals surface area contributed by atoms with E-state index in [9.17, 15) is 8.42 Å². The second-order valence-electron chi connectivity index (χ2n) is 7.34. The number of fused-ring (bicyclic) bond motifs is 1. The molecule has 7 nitrogen and oxygen atoms in total. The fourth-order valence-electron chi connectivity index (χ4n) is 3.52. The normalized spacial score (nSPS) is 11.8. The van der Waals surface area contributed by atoms with Crippen LogP contribution in [-0.4, -0.2) is 56.6 Å². The number of sulfonamides is 1. The lowest BCUT2D eigenvalue weighted by Gasteiger charge is -2.27. The Morgan fingerprint density at radius 3 is 2.29 bits per heavy atom. The molecule has 0 amide bonds. The van der Waals surface area contributed by atoms with Gasteiger partial charge in [0.2, 0.25) is 0 Å². The first-order chi connectivity index (χ1) is 14.9. The topological polar surface area (TPSA) is 75.6 Å². The van der Waals surface area contributed by atoms with Crippen molar-refractivity contribution in [2.45, 2.75) is 32.1 Å². The Labute approximate surface area is 184 Å². The van der Waals surface area contributed by atoms with Gasteiger partial charge in [0.25, 0.3) is 10.0 Å². The molecule has 166 valence electrons. The van der Waals surface area contributed by atoms with Gasteiger partial charge >= 0.3 is 0 Å². The quantitative estimate of drug-likeness (QED) is 0.474. The Hall–Kier alpha value is -2.71. The fraction of sp³-hybridized carbons (Fsp3) is 0.391. The zero-order valence-corrected chi connectivity index (χ0v) is 19.4. The van der Waals surface area contributed by atoms with E-state index in [0.717, 1.165) is 25.2 Å². The standard InChI is InChI=1S/C23H30N4O3S/c1-5-26(6-2)14-7-15-27(31(28,29)20-10-8-18(3)9-11-20)22-17-19(30-4)16-21-23(22)25-13-12-24-21/h8-13,16-17H,5-7,14-15H2,1-4H3. The molecule has 2 aromatic carbocycles. The van der Waals surface area contributed by atoms with Crippen molar-refractivity contribution in [3.8, 4) is 5.75 Å². The molecule has 0 fully saturated rings. The van der Waals surface area contributed by atoms with Gasteiger partial charge < -0.3 is 9.64 Å². The van der Waals surface area contributed by atoms with E-state index in [1.54, 1.807) is 43.8 Å². The third kappa shape index (κ3) is 5.14. The zero-order valence-electron chi connectivity index (χ0n) is 18.6. The molecule has 0 bridgehead atoms. The van der Waals surface area contributed by atoms with Gasteiger partial charge in [0, 0.05) is 31.1 Å². The van der Waals surface area contributed by atoms with E-state index in [4.69, 9.17) is 4.74 Å². The maximum atomic E-state index is 13.7. The summed E-state index contributed by atoms with van der Waals surface area (Å²) in [5.41, 5.74) is 2.60. The number of aromatic nitrogens is 2. The summed E-state index contributed by atoms with van der Waals surface area (Å²) in [6.07, 6.45) is 3.85. The van der Waals surface area contributed by atoms with Crippen LogP contribution in [0.15, 0.2) is 53.7 Å². The van der Waals surface area contributed by atoms with Gasteiger partial charge in [0.1, 0.15) is 11.3 Å². The fourth-order valence-corrected chi connectivity index (χ4v) is 5.03. The van der Waals surface area contributed by atoms with Crippen LogP contribution >= 0.6 is 0 Å². The molecule has 8 heteroatoms. The van der Waals surface area contributed by atoms with Crippen molar-refractivity contribution in [2.24, 2.45) is 0 Å². The van der Waals surface area contributed by atoms with Crippen LogP contribution in [0.25, 0.3) is 11.0 Å². The number of hydrogen-bond donors (Lipinski definition) is 0. The molecule has 0 unspecified atom stereocenters. The van der Waals surface area contributed by atoms with Crippen molar-refractivity contribution in [2.75, 3.05) is 37.6 Å². The third-order valence-electron chi connectivity index (χ3n) is 5.37. The van der Waals surface area contributed by atoms with E-state index in [1.165, 1.54) is 4.31 Å². The van der Waals surface area contributed by atoms with E-state index in [1.807, 2.05) is 19.1 Å². The molecule has 0 atom stereocenters. The first-order valence-corrected chi connectivity index (χ1v) is 11.9. The average Bonchev–Trinajstić information content (AvgIpc) is 2.79. The average molecular weight is 443 g/mol. The first kappa shape index (κ1) is 23.0. The summed E-state index contributed by atoms with van der Waals surface area (Å²) in [7, 11) is -2.25. The van der Waals surface area contributed by atoms with Gasteiger partial charge in [0.15, 0.2) is 0 Å². The molecule has 3 aromatic rings. The molecule has 0 saturated heterocycles. The van der Waals surface area contributed by atoms with Gasteiger partial charge in [-0.15, -0.1) is 0 Å². The number of aryl methyl sites for hydroxylation is 1. The number of benzene rings is 2. The molecule has 1 aromatic heterocycles. The summed E-state index contributed by atoms with van der Waals surface area (Å²) >= 11 is 0. The van der Waals surface area contributed by atoms with Crippen LogP contribution in [-0.2, 0) is 10.0 Å². The van der Waals surface area contributed by atoms with Crippen molar-refractivity contribution >= 4 is 26.7 Å². The van der Waals surface area contributed by atoms with E-state index in [0.29, 0.717) is 35.4 Å². The maximum Gasteiger partial charge on any atom is 0.264 e. The van der Waals surface area contributed by atoms with Crippen molar-refractivity contribution in [1.82, 2.24) is 14.9 Å². The summed E-state index contributed by atoms with van der Waals surface area (Å²) in [6.45, 7) is 9.13. The second kappa shape index (κ2) is 10.1. The van der Waals surface area contributed by atoms with Gasteiger partial charge in [-0.3, -0.25) is 14.3 Å². The molecule has 3 rings (SSSR count). The lowest BCUT2D eigenvalue weighted by molar-refractivity contribution is 0.302. The predicted octanol–water partition coefficient (Wildman–Crippen LogP) is 3.87. The molecular formula is C23H30N4O3S. The van der Waals surface area contributed by atoms with Crippen LogP contribution in [0.2, 0.25) is 0 Å². The van der Waals surface area contributed by atoms with Crippen LogP contribution in [0.5, 0.6) is 5.75 Å². The van der Waals surface area contributed by atoms with Crippen molar-refractivity contribution < 1.29 is 13.2 Å². The highest BCUT2D eigenvalue weighted by molar-refractivity contribution is 7.92. The van der Waals surface area contributed by atoms with Crippen molar-refractivity contribution in [3.05, 3.63) is 54.4 Å². The first-order valence-electron chi connectivity index (χ1n) is 10.5. The molecule has 0 spiro atoms. The smallest absolute Gasteiger partial charge is 0.264 e. The lowest BCUT2D eigenvalue weighted by atomic mass is 10.2. The molecule has 0 radical (unpaired) electrons.